The van der Waals surface area contributed by atoms with E-state index in [-0.39, 0.29) is 11.8 Å². The number of aliphatic hydroxyl groups is 1. The van der Waals surface area contributed by atoms with Gasteiger partial charge < -0.3 is 15.2 Å². The van der Waals surface area contributed by atoms with Gasteiger partial charge in [-0.05, 0) is 43.5 Å². The van der Waals surface area contributed by atoms with Gasteiger partial charge in [-0.3, -0.25) is 4.79 Å². The molecule has 0 aliphatic heterocycles. The largest absolute Gasteiger partial charge is 0.481 e. The van der Waals surface area contributed by atoms with Crippen LogP contribution < -0.4 is 10.1 Å². The smallest absolute Gasteiger partial charge is 0.260 e. The summed E-state index contributed by atoms with van der Waals surface area (Å²) in [5.41, 5.74) is 0. The van der Waals surface area contributed by atoms with E-state index in [1.54, 1.807) is 31.2 Å². The molecule has 1 aromatic carbocycles. The third kappa shape index (κ3) is 5.80. The standard InChI is InChI=1S/C15H22ClNO3/c1-10(2)14(18)8-9-17-15(19)11(3)20-13-6-4-12(16)5-7-13/h4-7,10-11,14,18H,8-9H2,1-3H3,(H,17,19). The monoisotopic (exact) mass is 299 g/mol. The van der Waals surface area contributed by atoms with E-state index in [1.807, 2.05) is 13.8 Å². The van der Waals surface area contributed by atoms with Crippen LogP contribution in [-0.4, -0.2) is 29.8 Å². The summed E-state index contributed by atoms with van der Waals surface area (Å²) in [6, 6.07) is 6.85. The molecule has 0 spiro atoms. The number of halogens is 1. The van der Waals surface area contributed by atoms with Crippen LogP contribution in [0.4, 0.5) is 0 Å². The quantitative estimate of drug-likeness (QED) is 0.814. The molecule has 0 fully saturated rings. The Morgan fingerprint density at radius 3 is 2.45 bits per heavy atom. The summed E-state index contributed by atoms with van der Waals surface area (Å²) >= 11 is 5.78. The van der Waals surface area contributed by atoms with Gasteiger partial charge in [0.1, 0.15) is 5.75 Å². The lowest BCUT2D eigenvalue weighted by Crippen LogP contribution is -2.38. The first kappa shape index (κ1) is 16.8. The molecule has 2 unspecified atom stereocenters. The average Bonchev–Trinajstić information content (AvgIpc) is 2.40. The van der Waals surface area contributed by atoms with Gasteiger partial charge in [-0.15, -0.1) is 0 Å². The maximum Gasteiger partial charge on any atom is 0.260 e. The molecule has 0 heterocycles. The molecule has 112 valence electrons. The van der Waals surface area contributed by atoms with Crippen molar-refractivity contribution < 1.29 is 14.6 Å². The fourth-order valence-electron chi connectivity index (χ4n) is 1.59. The highest BCUT2D eigenvalue weighted by molar-refractivity contribution is 6.30. The van der Waals surface area contributed by atoms with Crippen LogP contribution in [0.25, 0.3) is 0 Å². The van der Waals surface area contributed by atoms with Gasteiger partial charge in [0.2, 0.25) is 0 Å². The minimum absolute atomic E-state index is 0.189. The van der Waals surface area contributed by atoms with Crippen molar-refractivity contribution in [3.05, 3.63) is 29.3 Å². The van der Waals surface area contributed by atoms with Crippen molar-refractivity contribution in [1.29, 1.82) is 0 Å². The van der Waals surface area contributed by atoms with Gasteiger partial charge in [0, 0.05) is 11.6 Å². The van der Waals surface area contributed by atoms with Crippen molar-refractivity contribution in [2.45, 2.75) is 39.4 Å². The van der Waals surface area contributed by atoms with Crippen molar-refractivity contribution >= 4 is 17.5 Å². The Bertz CT molecular complexity index is 420. The van der Waals surface area contributed by atoms with Gasteiger partial charge in [0.15, 0.2) is 6.10 Å². The van der Waals surface area contributed by atoms with E-state index in [4.69, 9.17) is 16.3 Å². The maximum absolute atomic E-state index is 11.8. The zero-order chi connectivity index (χ0) is 15.1. The minimum Gasteiger partial charge on any atom is -0.481 e. The summed E-state index contributed by atoms with van der Waals surface area (Å²) in [5, 5.41) is 13.0. The van der Waals surface area contributed by atoms with E-state index in [9.17, 15) is 9.90 Å². The number of rotatable bonds is 7. The Hall–Kier alpha value is -1.26. The van der Waals surface area contributed by atoms with Crippen molar-refractivity contribution in [2.75, 3.05) is 6.54 Å². The molecule has 1 amide bonds. The van der Waals surface area contributed by atoms with Crippen molar-refractivity contribution in [2.24, 2.45) is 5.92 Å². The van der Waals surface area contributed by atoms with Crippen molar-refractivity contribution in [3.63, 3.8) is 0 Å². The summed E-state index contributed by atoms with van der Waals surface area (Å²) in [4.78, 5) is 11.8. The second-order valence-corrected chi connectivity index (χ2v) is 5.54. The van der Waals surface area contributed by atoms with Crippen LogP contribution >= 0.6 is 11.6 Å². The predicted molar refractivity (Wildman–Crippen MR) is 80.0 cm³/mol. The molecule has 4 nitrogen and oxygen atoms in total. The second kappa shape index (κ2) is 8.12. The highest BCUT2D eigenvalue weighted by Gasteiger charge is 2.15. The number of hydrogen-bond donors (Lipinski definition) is 2. The van der Waals surface area contributed by atoms with Gasteiger partial charge >= 0.3 is 0 Å². The third-order valence-corrected chi connectivity index (χ3v) is 3.26. The topological polar surface area (TPSA) is 58.6 Å². The van der Waals surface area contributed by atoms with E-state index in [0.29, 0.717) is 23.7 Å². The maximum atomic E-state index is 11.8. The Morgan fingerprint density at radius 1 is 1.30 bits per heavy atom. The molecule has 2 atom stereocenters. The lowest BCUT2D eigenvalue weighted by molar-refractivity contribution is -0.127. The van der Waals surface area contributed by atoms with Gasteiger partial charge in [-0.25, -0.2) is 0 Å². The Kier molecular flexibility index (Phi) is 6.82. The minimum atomic E-state index is -0.590. The Morgan fingerprint density at radius 2 is 1.90 bits per heavy atom. The summed E-state index contributed by atoms with van der Waals surface area (Å²) in [5.74, 6) is 0.588. The molecule has 2 N–H and O–H groups in total. The first-order chi connectivity index (χ1) is 9.40. The molecular weight excluding hydrogens is 278 g/mol. The zero-order valence-electron chi connectivity index (χ0n) is 12.1. The summed E-state index contributed by atoms with van der Waals surface area (Å²) in [7, 11) is 0. The van der Waals surface area contributed by atoms with Crippen LogP contribution in [0.3, 0.4) is 0 Å². The fraction of sp³-hybridized carbons (Fsp3) is 0.533. The fourth-order valence-corrected chi connectivity index (χ4v) is 1.72. The van der Waals surface area contributed by atoms with Gasteiger partial charge in [-0.2, -0.15) is 0 Å². The van der Waals surface area contributed by atoms with E-state index in [2.05, 4.69) is 5.32 Å². The number of amides is 1. The molecular formula is C15H22ClNO3. The third-order valence-electron chi connectivity index (χ3n) is 3.00. The summed E-state index contributed by atoms with van der Waals surface area (Å²) in [6.07, 6.45) is -0.452. The van der Waals surface area contributed by atoms with Crippen LogP contribution in [0.1, 0.15) is 27.2 Å². The molecule has 0 radical (unpaired) electrons. The van der Waals surface area contributed by atoms with E-state index in [0.717, 1.165) is 0 Å². The van der Waals surface area contributed by atoms with Crippen LogP contribution in [0, 0.1) is 5.92 Å². The normalized spacial score (nSPS) is 13.9. The molecule has 0 aliphatic carbocycles. The first-order valence-electron chi connectivity index (χ1n) is 6.78. The molecule has 20 heavy (non-hydrogen) atoms. The molecule has 1 rings (SSSR count). The number of benzene rings is 1. The number of ether oxygens (including phenoxy) is 1. The van der Waals surface area contributed by atoms with E-state index in [1.165, 1.54) is 0 Å². The molecule has 0 aliphatic rings. The number of hydrogen-bond acceptors (Lipinski definition) is 3. The Labute approximate surface area is 125 Å². The summed E-state index contributed by atoms with van der Waals surface area (Å²) in [6.45, 7) is 6.01. The van der Waals surface area contributed by atoms with Crippen LogP contribution in [0.15, 0.2) is 24.3 Å². The molecule has 0 aromatic heterocycles. The zero-order valence-corrected chi connectivity index (χ0v) is 12.9. The second-order valence-electron chi connectivity index (χ2n) is 5.11. The van der Waals surface area contributed by atoms with Crippen molar-refractivity contribution in [3.8, 4) is 5.75 Å². The average molecular weight is 300 g/mol. The van der Waals surface area contributed by atoms with Crippen molar-refractivity contribution in [1.82, 2.24) is 5.32 Å². The van der Waals surface area contributed by atoms with E-state index < -0.39 is 12.2 Å². The van der Waals surface area contributed by atoms with Gasteiger partial charge in [-0.1, -0.05) is 25.4 Å². The SMILES string of the molecule is CC(Oc1ccc(Cl)cc1)C(=O)NCCC(O)C(C)C. The van der Waals surface area contributed by atoms with Gasteiger partial charge in [0.25, 0.3) is 5.91 Å². The summed E-state index contributed by atoms with van der Waals surface area (Å²) < 4.78 is 5.50. The molecule has 0 saturated carbocycles. The molecule has 0 saturated heterocycles. The number of carbonyl (C=O) groups is 1. The number of nitrogens with one attached hydrogen (secondary N) is 1. The van der Waals surface area contributed by atoms with Crippen LogP contribution in [-0.2, 0) is 4.79 Å². The van der Waals surface area contributed by atoms with Crippen LogP contribution in [0.2, 0.25) is 5.02 Å². The van der Waals surface area contributed by atoms with E-state index >= 15 is 0 Å². The number of aliphatic hydroxyl groups excluding tert-OH is 1. The lowest BCUT2D eigenvalue weighted by Gasteiger charge is -2.17. The molecule has 5 heteroatoms. The van der Waals surface area contributed by atoms with Crippen LogP contribution in [0.5, 0.6) is 5.75 Å². The Balaban J connectivity index is 2.34. The van der Waals surface area contributed by atoms with Gasteiger partial charge in [0.05, 0.1) is 6.10 Å². The molecule has 0 bridgehead atoms. The predicted octanol–water partition coefficient (Wildman–Crippen LogP) is 2.63. The lowest BCUT2D eigenvalue weighted by atomic mass is 10.0. The first-order valence-corrected chi connectivity index (χ1v) is 7.16. The molecule has 1 aromatic rings. The number of carbonyl (C=O) groups excluding carboxylic acids is 1. The highest BCUT2D eigenvalue weighted by Crippen LogP contribution is 2.16. The highest BCUT2D eigenvalue weighted by atomic mass is 35.5.